The molecule has 2 bridgehead atoms. The van der Waals surface area contributed by atoms with Crippen LogP contribution >= 0.6 is 0 Å². The third-order valence-electron chi connectivity index (χ3n) is 5.56. The van der Waals surface area contributed by atoms with Gasteiger partial charge >= 0.3 is 5.97 Å². The lowest BCUT2D eigenvalue weighted by atomic mass is 9.85. The summed E-state index contributed by atoms with van der Waals surface area (Å²) in [5, 5.41) is 9.47. The highest BCUT2D eigenvalue weighted by atomic mass is 16.5. The first-order valence-corrected chi connectivity index (χ1v) is 7.59. The van der Waals surface area contributed by atoms with Crippen molar-refractivity contribution >= 4 is 5.97 Å². The van der Waals surface area contributed by atoms with Crippen LogP contribution in [-0.4, -0.2) is 49.3 Å². The van der Waals surface area contributed by atoms with Gasteiger partial charge in [-0.05, 0) is 50.5 Å². The summed E-state index contributed by atoms with van der Waals surface area (Å²) < 4.78 is 5.33. The van der Waals surface area contributed by atoms with E-state index in [9.17, 15) is 9.90 Å². The van der Waals surface area contributed by atoms with Crippen LogP contribution in [0.25, 0.3) is 0 Å². The normalized spacial score (nSPS) is 41.3. The van der Waals surface area contributed by atoms with E-state index in [4.69, 9.17) is 4.74 Å². The third-order valence-corrected chi connectivity index (χ3v) is 5.56. The maximum absolute atomic E-state index is 11.5. The van der Waals surface area contributed by atoms with Crippen molar-refractivity contribution in [3.05, 3.63) is 0 Å². The van der Waals surface area contributed by atoms with Crippen molar-refractivity contribution in [2.45, 2.75) is 32.1 Å². The van der Waals surface area contributed by atoms with Crippen LogP contribution < -0.4 is 0 Å². The molecule has 1 aliphatic heterocycles. The van der Waals surface area contributed by atoms with Gasteiger partial charge in [-0.25, -0.2) is 0 Å². The Kier molecular flexibility index (Phi) is 3.56. The summed E-state index contributed by atoms with van der Waals surface area (Å²) in [5.41, 5.74) is -0.660. The Morgan fingerprint density at radius 3 is 2.79 bits per heavy atom. The molecular formula is C15H25NO3. The molecule has 1 N–H and O–H groups in total. The largest absolute Gasteiger partial charge is 0.481 e. The van der Waals surface area contributed by atoms with Gasteiger partial charge in [-0.1, -0.05) is 6.42 Å². The molecule has 3 aliphatic rings. The molecular weight excluding hydrogens is 242 g/mol. The van der Waals surface area contributed by atoms with E-state index >= 15 is 0 Å². The van der Waals surface area contributed by atoms with Crippen molar-refractivity contribution in [3.8, 4) is 0 Å². The molecule has 0 spiro atoms. The quantitative estimate of drug-likeness (QED) is 0.826. The molecule has 2 saturated carbocycles. The van der Waals surface area contributed by atoms with Crippen molar-refractivity contribution in [2.75, 3.05) is 33.4 Å². The summed E-state index contributed by atoms with van der Waals surface area (Å²) in [4.78, 5) is 13.8. The van der Waals surface area contributed by atoms with Crippen LogP contribution in [0.4, 0.5) is 0 Å². The van der Waals surface area contributed by atoms with E-state index in [0.29, 0.717) is 26.2 Å². The second-order valence-electron chi connectivity index (χ2n) is 7.02. The number of carboxylic acid groups (broad SMARTS) is 1. The predicted octanol–water partition coefficient (Wildman–Crippen LogP) is 1.85. The lowest BCUT2D eigenvalue weighted by Gasteiger charge is -2.32. The van der Waals surface area contributed by atoms with Gasteiger partial charge in [0.15, 0.2) is 0 Å². The molecule has 3 rings (SSSR count). The molecule has 3 fully saturated rings. The zero-order valence-corrected chi connectivity index (χ0v) is 11.8. The van der Waals surface area contributed by atoms with Gasteiger partial charge in [-0.3, -0.25) is 4.79 Å². The first-order valence-electron chi connectivity index (χ1n) is 7.59. The lowest BCUT2D eigenvalue weighted by molar-refractivity contribution is -0.150. The number of nitrogens with zero attached hydrogens (tertiary/aromatic N) is 1. The molecule has 0 radical (unpaired) electrons. The summed E-state index contributed by atoms with van der Waals surface area (Å²) in [6.45, 7) is 2.67. The van der Waals surface area contributed by atoms with Gasteiger partial charge in [-0.15, -0.1) is 0 Å². The molecule has 2 aliphatic carbocycles. The van der Waals surface area contributed by atoms with Crippen molar-refractivity contribution in [3.63, 3.8) is 0 Å². The van der Waals surface area contributed by atoms with Crippen molar-refractivity contribution in [1.29, 1.82) is 0 Å². The Labute approximate surface area is 115 Å². The first-order chi connectivity index (χ1) is 9.09. The summed E-state index contributed by atoms with van der Waals surface area (Å²) in [5.74, 6) is 1.99. The molecule has 108 valence electrons. The van der Waals surface area contributed by atoms with Gasteiger partial charge < -0.3 is 14.7 Å². The number of rotatable bonds is 5. The van der Waals surface area contributed by atoms with E-state index in [1.54, 1.807) is 0 Å². The molecule has 0 aromatic heterocycles. The Morgan fingerprint density at radius 1 is 1.42 bits per heavy atom. The van der Waals surface area contributed by atoms with E-state index in [-0.39, 0.29) is 0 Å². The van der Waals surface area contributed by atoms with Crippen LogP contribution in [0.15, 0.2) is 0 Å². The first kappa shape index (κ1) is 13.4. The minimum absolute atomic E-state index is 0.378. The molecule has 4 heteroatoms. The number of ether oxygens (including phenoxy) is 1. The van der Waals surface area contributed by atoms with Gasteiger partial charge in [0.2, 0.25) is 0 Å². The fourth-order valence-corrected chi connectivity index (χ4v) is 4.55. The molecule has 1 heterocycles. The van der Waals surface area contributed by atoms with Gasteiger partial charge in [-0.2, -0.15) is 0 Å². The van der Waals surface area contributed by atoms with E-state index in [1.165, 1.54) is 25.7 Å². The number of carboxylic acids is 1. The van der Waals surface area contributed by atoms with Gasteiger partial charge in [0.05, 0.1) is 6.61 Å². The summed E-state index contributed by atoms with van der Waals surface area (Å²) in [6, 6.07) is 0. The Hall–Kier alpha value is -0.610. The SMILES string of the molecule is CN(CC1CC2CCC1C2)CC1(C(=O)O)CCOC1. The van der Waals surface area contributed by atoms with Gasteiger partial charge in [0, 0.05) is 19.7 Å². The van der Waals surface area contributed by atoms with E-state index in [2.05, 4.69) is 11.9 Å². The fraction of sp³-hybridized carbons (Fsp3) is 0.933. The smallest absolute Gasteiger partial charge is 0.313 e. The number of hydrogen-bond donors (Lipinski definition) is 1. The number of hydrogen-bond acceptors (Lipinski definition) is 3. The van der Waals surface area contributed by atoms with Gasteiger partial charge in [0.1, 0.15) is 5.41 Å². The molecule has 0 amide bonds. The average Bonchev–Trinajstić information content (AvgIpc) is 3.04. The van der Waals surface area contributed by atoms with Crippen LogP contribution in [-0.2, 0) is 9.53 Å². The van der Waals surface area contributed by atoms with Gasteiger partial charge in [0.25, 0.3) is 0 Å². The standard InChI is InChI=1S/C15H25NO3/c1-16(8-13-7-11-2-3-12(13)6-11)9-15(14(17)18)4-5-19-10-15/h11-13H,2-10H2,1H3,(H,17,18). The monoisotopic (exact) mass is 267 g/mol. The lowest BCUT2D eigenvalue weighted by Crippen LogP contribution is -2.44. The molecule has 19 heavy (non-hydrogen) atoms. The molecule has 4 unspecified atom stereocenters. The summed E-state index contributed by atoms with van der Waals surface area (Å²) >= 11 is 0. The summed E-state index contributed by atoms with van der Waals surface area (Å²) in [6.07, 6.45) is 6.27. The summed E-state index contributed by atoms with van der Waals surface area (Å²) in [7, 11) is 2.08. The van der Waals surface area contributed by atoms with Crippen molar-refractivity contribution in [2.24, 2.45) is 23.2 Å². The van der Waals surface area contributed by atoms with E-state index in [0.717, 1.165) is 24.3 Å². The Balaban J connectivity index is 1.55. The second kappa shape index (κ2) is 5.06. The Morgan fingerprint density at radius 2 is 2.26 bits per heavy atom. The Bertz CT molecular complexity index is 351. The van der Waals surface area contributed by atoms with Crippen molar-refractivity contribution in [1.82, 2.24) is 4.90 Å². The number of fused-ring (bicyclic) bond motifs is 2. The maximum Gasteiger partial charge on any atom is 0.313 e. The van der Waals surface area contributed by atoms with E-state index in [1.807, 2.05) is 0 Å². The van der Waals surface area contributed by atoms with Crippen molar-refractivity contribution < 1.29 is 14.6 Å². The van der Waals surface area contributed by atoms with E-state index < -0.39 is 11.4 Å². The zero-order chi connectivity index (χ0) is 13.5. The predicted molar refractivity (Wildman–Crippen MR) is 71.9 cm³/mol. The van der Waals surface area contributed by atoms with Crippen LogP contribution in [0.3, 0.4) is 0 Å². The minimum Gasteiger partial charge on any atom is -0.481 e. The molecule has 0 aromatic carbocycles. The van der Waals surface area contributed by atoms with Crippen LogP contribution in [0, 0.1) is 23.2 Å². The minimum atomic E-state index is -0.690. The molecule has 4 nitrogen and oxygen atoms in total. The van der Waals surface area contributed by atoms with Crippen LogP contribution in [0.2, 0.25) is 0 Å². The molecule has 1 saturated heterocycles. The highest BCUT2D eigenvalue weighted by Gasteiger charge is 2.45. The average molecular weight is 267 g/mol. The zero-order valence-electron chi connectivity index (χ0n) is 11.8. The third kappa shape index (κ3) is 2.52. The highest BCUT2D eigenvalue weighted by Crippen LogP contribution is 2.48. The van der Waals surface area contributed by atoms with Crippen LogP contribution in [0.1, 0.15) is 32.1 Å². The number of carbonyl (C=O) groups is 1. The fourth-order valence-electron chi connectivity index (χ4n) is 4.55. The van der Waals surface area contributed by atoms with Crippen LogP contribution in [0.5, 0.6) is 0 Å². The molecule has 0 aromatic rings. The topological polar surface area (TPSA) is 49.8 Å². The highest BCUT2D eigenvalue weighted by molar-refractivity contribution is 5.75. The second-order valence-corrected chi connectivity index (χ2v) is 7.02. The maximum atomic E-state index is 11.5. The molecule has 4 atom stereocenters. The number of aliphatic carboxylic acids is 1.